The molecule has 0 bridgehead atoms. The summed E-state index contributed by atoms with van der Waals surface area (Å²) in [6, 6.07) is 7.99. The van der Waals surface area contributed by atoms with Crippen molar-refractivity contribution in [1.29, 1.82) is 0 Å². The highest BCUT2D eigenvalue weighted by Crippen LogP contribution is 2.16. The fourth-order valence-electron chi connectivity index (χ4n) is 2.09. The van der Waals surface area contributed by atoms with E-state index >= 15 is 0 Å². The molecule has 0 saturated heterocycles. The summed E-state index contributed by atoms with van der Waals surface area (Å²) in [4.78, 5) is 12.2. The van der Waals surface area contributed by atoms with Crippen LogP contribution in [0.15, 0.2) is 24.3 Å². The first kappa shape index (κ1) is 16.5. The predicted molar refractivity (Wildman–Crippen MR) is 86.2 cm³/mol. The van der Waals surface area contributed by atoms with E-state index in [1.54, 1.807) is 0 Å². The first-order valence-electron chi connectivity index (χ1n) is 7.64. The van der Waals surface area contributed by atoms with Gasteiger partial charge in [0.25, 0.3) is 5.91 Å². The first-order chi connectivity index (χ1) is 9.50. The van der Waals surface area contributed by atoms with Crippen LogP contribution in [-0.2, 0) is 0 Å². The van der Waals surface area contributed by atoms with Gasteiger partial charge in [-0.25, -0.2) is 0 Å². The third kappa shape index (κ3) is 6.09. The zero-order valence-corrected chi connectivity index (χ0v) is 13.2. The molecule has 0 spiro atoms. The Balaban J connectivity index is 2.47. The molecule has 0 aliphatic rings. The van der Waals surface area contributed by atoms with Crippen LogP contribution in [0.25, 0.3) is 0 Å². The van der Waals surface area contributed by atoms with Crippen LogP contribution in [0.4, 0.5) is 5.69 Å². The summed E-state index contributed by atoms with van der Waals surface area (Å²) in [6.45, 7) is 9.35. The Kier molecular flexibility index (Phi) is 7.13. The number of benzene rings is 1. The van der Waals surface area contributed by atoms with E-state index in [4.69, 9.17) is 0 Å². The van der Waals surface area contributed by atoms with E-state index in [1.165, 1.54) is 12.8 Å². The molecular formula is C17H28N2O. The van der Waals surface area contributed by atoms with Crippen molar-refractivity contribution in [3.8, 4) is 0 Å². The molecule has 2 N–H and O–H groups in total. The summed E-state index contributed by atoms with van der Waals surface area (Å²) in [7, 11) is 0. The Morgan fingerprint density at radius 3 is 2.45 bits per heavy atom. The minimum Gasteiger partial charge on any atom is -0.382 e. The van der Waals surface area contributed by atoms with E-state index in [1.807, 2.05) is 24.3 Å². The maximum absolute atomic E-state index is 12.2. The molecule has 0 saturated carbocycles. The Morgan fingerprint density at radius 2 is 1.80 bits per heavy atom. The SMILES string of the molecule is CC(C)CCCCNC(=O)c1ccccc1NC(C)C. The quantitative estimate of drug-likeness (QED) is 0.703. The van der Waals surface area contributed by atoms with Crippen molar-refractivity contribution < 1.29 is 4.79 Å². The number of nitrogens with one attached hydrogen (secondary N) is 2. The van der Waals surface area contributed by atoms with Crippen LogP contribution in [0, 0.1) is 5.92 Å². The minimum absolute atomic E-state index is 0.0123. The molecule has 0 aromatic heterocycles. The van der Waals surface area contributed by atoms with Gasteiger partial charge in [0.05, 0.1) is 5.56 Å². The Labute approximate surface area is 123 Å². The third-order valence-corrected chi connectivity index (χ3v) is 3.11. The zero-order chi connectivity index (χ0) is 15.0. The number of unbranched alkanes of at least 4 members (excludes halogenated alkanes) is 1. The maximum atomic E-state index is 12.2. The average molecular weight is 276 g/mol. The summed E-state index contributed by atoms with van der Waals surface area (Å²) < 4.78 is 0. The van der Waals surface area contributed by atoms with Crippen molar-refractivity contribution in [3.05, 3.63) is 29.8 Å². The van der Waals surface area contributed by atoms with Crippen molar-refractivity contribution >= 4 is 11.6 Å². The maximum Gasteiger partial charge on any atom is 0.253 e. The van der Waals surface area contributed by atoms with Gasteiger partial charge < -0.3 is 10.6 Å². The van der Waals surface area contributed by atoms with Crippen LogP contribution in [0.3, 0.4) is 0 Å². The number of hydrogen-bond acceptors (Lipinski definition) is 2. The summed E-state index contributed by atoms with van der Waals surface area (Å²) in [5.74, 6) is 0.750. The van der Waals surface area contributed by atoms with Crippen LogP contribution in [-0.4, -0.2) is 18.5 Å². The lowest BCUT2D eigenvalue weighted by Crippen LogP contribution is -2.26. The molecule has 1 amide bonds. The number of rotatable bonds is 8. The highest BCUT2D eigenvalue weighted by molar-refractivity contribution is 5.99. The molecule has 0 fully saturated rings. The number of hydrogen-bond donors (Lipinski definition) is 2. The summed E-state index contributed by atoms with van der Waals surface area (Å²) in [5, 5.41) is 6.32. The number of amides is 1. The van der Waals surface area contributed by atoms with Crippen LogP contribution in [0.2, 0.25) is 0 Å². The molecule has 3 nitrogen and oxygen atoms in total. The van der Waals surface area contributed by atoms with Gasteiger partial charge in [-0.05, 0) is 38.3 Å². The van der Waals surface area contributed by atoms with Crippen LogP contribution >= 0.6 is 0 Å². The third-order valence-electron chi connectivity index (χ3n) is 3.11. The number of carbonyl (C=O) groups excluding carboxylic acids is 1. The lowest BCUT2D eigenvalue weighted by molar-refractivity contribution is 0.0953. The number of anilines is 1. The van der Waals surface area contributed by atoms with Gasteiger partial charge in [0.2, 0.25) is 0 Å². The molecular weight excluding hydrogens is 248 g/mol. The second-order valence-corrected chi connectivity index (χ2v) is 5.99. The molecule has 0 unspecified atom stereocenters. The summed E-state index contributed by atoms with van der Waals surface area (Å²) in [5.41, 5.74) is 1.63. The van der Waals surface area contributed by atoms with E-state index < -0.39 is 0 Å². The van der Waals surface area contributed by atoms with E-state index in [-0.39, 0.29) is 5.91 Å². The van der Waals surface area contributed by atoms with E-state index in [0.29, 0.717) is 6.04 Å². The van der Waals surface area contributed by atoms with Crippen molar-refractivity contribution in [2.75, 3.05) is 11.9 Å². The van der Waals surface area contributed by atoms with Crippen molar-refractivity contribution in [1.82, 2.24) is 5.32 Å². The summed E-state index contributed by atoms with van der Waals surface area (Å²) >= 11 is 0. The van der Waals surface area contributed by atoms with E-state index in [9.17, 15) is 4.79 Å². The fourth-order valence-corrected chi connectivity index (χ4v) is 2.09. The second-order valence-electron chi connectivity index (χ2n) is 5.99. The van der Waals surface area contributed by atoms with Gasteiger partial charge in [0.1, 0.15) is 0 Å². The molecule has 1 aromatic rings. The van der Waals surface area contributed by atoms with Gasteiger partial charge >= 0.3 is 0 Å². The van der Waals surface area contributed by atoms with Crippen molar-refractivity contribution in [2.24, 2.45) is 5.92 Å². The lowest BCUT2D eigenvalue weighted by atomic mass is 10.1. The highest BCUT2D eigenvalue weighted by Gasteiger charge is 2.10. The topological polar surface area (TPSA) is 41.1 Å². The van der Waals surface area contributed by atoms with Gasteiger partial charge in [-0.1, -0.05) is 38.8 Å². The van der Waals surface area contributed by atoms with Gasteiger partial charge in [-0.2, -0.15) is 0 Å². The monoisotopic (exact) mass is 276 g/mol. The fraction of sp³-hybridized carbons (Fsp3) is 0.588. The molecule has 1 aromatic carbocycles. The highest BCUT2D eigenvalue weighted by atomic mass is 16.1. The molecule has 20 heavy (non-hydrogen) atoms. The molecule has 0 heterocycles. The molecule has 0 aliphatic carbocycles. The van der Waals surface area contributed by atoms with Gasteiger partial charge in [0, 0.05) is 18.3 Å². The normalized spacial score (nSPS) is 10.9. The van der Waals surface area contributed by atoms with Gasteiger partial charge in [-0.3, -0.25) is 4.79 Å². The van der Waals surface area contributed by atoms with E-state index in [2.05, 4.69) is 38.3 Å². The van der Waals surface area contributed by atoms with Crippen molar-refractivity contribution in [2.45, 2.75) is 53.0 Å². The molecule has 0 aliphatic heterocycles. The zero-order valence-electron chi connectivity index (χ0n) is 13.2. The molecule has 3 heteroatoms. The predicted octanol–water partition coefficient (Wildman–Crippen LogP) is 4.06. The standard InChI is InChI=1S/C17H28N2O/c1-13(2)9-7-8-12-18-17(20)15-10-5-6-11-16(15)19-14(3)4/h5-6,10-11,13-14,19H,7-9,12H2,1-4H3,(H,18,20). The molecule has 0 atom stereocenters. The van der Waals surface area contributed by atoms with Gasteiger partial charge in [-0.15, -0.1) is 0 Å². The lowest BCUT2D eigenvalue weighted by Gasteiger charge is -2.14. The Hall–Kier alpha value is -1.51. The molecule has 1 rings (SSSR count). The number of para-hydroxylation sites is 1. The van der Waals surface area contributed by atoms with Crippen molar-refractivity contribution in [3.63, 3.8) is 0 Å². The average Bonchev–Trinajstić information content (AvgIpc) is 2.37. The van der Waals surface area contributed by atoms with Gasteiger partial charge in [0.15, 0.2) is 0 Å². The molecule has 112 valence electrons. The minimum atomic E-state index is 0.0123. The molecule has 0 radical (unpaired) electrons. The van der Waals surface area contributed by atoms with E-state index in [0.717, 1.165) is 30.1 Å². The van der Waals surface area contributed by atoms with Crippen LogP contribution in [0.5, 0.6) is 0 Å². The second kappa shape index (κ2) is 8.62. The first-order valence-corrected chi connectivity index (χ1v) is 7.64. The summed E-state index contributed by atoms with van der Waals surface area (Å²) in [6.07, 6.45) is 3.44. The Bertz CT molecular complexity index is 413. The number of carbonyl (C=O) groups is 1. The Morgan fingerprint density at radius 1 is 1.10 bits per heavy atom. The van der Waals surface area contributed by atoms with Crippen LogP contribution in [0.1, 0.15) is 57.3 Å². The smallest absolute Gasteiger partial charge is 0.253 e. The largest absolute Gasteiger partial charge is 0.382 e. The van der Waals surface area contributed by atoms with Crippen LogP contribution < -0.4 is 10.6 Å².